The number of nitrogens with zero attached hydrogens (tertiary/aromatic N) is 3. The second kappa shape index (κ2) is 12.3. The van der Waals surface area contributed by atoms with E-state index in [1.807, 2.05) is 11.5 Å². The lowest BCUT2D eigenvalue weighted by Crippen LogP contribution is -2.19. The van der Waals surface area contributed by atoms with Gasteiger partial charge in [-0.25, -0.2) is 9.59 Å². The topological polar surface area (TPSA) is 122 Å². The summed E-state index contributed by atoms with van der Waals surface area (Å²) >= 11 is 2.27. The molecule has 1 N–H and O–H groups in total. The van der Waals surface area contributed by atoms with Gasteiger partial charge in [-0.2, -0.15) is 0 Å². The molecule has 0 bridgehead atoms. The smallest absolute Gasteiger partial charge is 0.348 e. The van der Waals surface area contributed by atoms with Crippen LogP contribution in [0.2, 0.25) is 0 Å². The first-order valence-corrected chi connectivity index (χ1v) is 13.1. The number of carbonyl (C=O) groups is 3. The Bertz CT molecular complexity index is 1030. The molecule has 1 aliphatic heterocycles. The van der Waals surface area contributed by atoms with E-state index in [-0.39, 0.29) is 46.4 Å². The second-order valence-corrected chi connectivity index (χ2v) is 9.50. The molecular formula is C22H30N4O6S2. The van der Waals surface area contributed by atoms with Crippen LogP contribution >= 0.6 is 23.1 Å². The van der Waals surface area contributed by atoms with Crippen molar-refractivity contribution in [2.24, 2.45) is 0 Å². The van der Waals surface area contributed by atoms with E-state index in [9.17, 15) is 14.4 Å². The van der Waals surface area contributed by atoms with Gasteiger partial charge >= 0.3 is 11.9 Å². The van der Waals surface area contributed by atoms with Crippen molar-refractivity contribution in [2.75, 3.05) is 30.9 Å². The van der Waals surface area contributed by atoms with Gasteiger partial charge in [-0.05, 0) is 39.2 Å². The molecule has 1 unspecified atom stereocenters. The molecule has 1 aliphatic rings. The number of rotatable bonds is 11. The van der Waals surface area contributed by atoms with Crippen LogP contribution in [0.3, 0.4) is 0 Å². The minimum atomic E-state index is -0.598. The van der Waals surface area contributed by atoms with Crippen LogP contribution in [0.25, 0.3) is 0 Å². The number of hydrogen-bond donors (Lipinski definition) is 1. The molecule has 0 aromatic carbocycles. The van der Waals surface area contributed by atoms with Gasteiger partial charge in [0.05, 0.1) is 37.2 Å². The molecule has 2 aromatic rings. The average Bonchev–Trinajstić information content (AvgIpc) is 3.52. The Balaban J connectivity index is 1.73. The van der Waals surface area contributed by atoms with Crippen LogP contribution in [0, 0.1) is 6.92 Å². The highest BCUT2D eigenvalue weighted by atomic mass is 32.2. The molecular weight excluding hydrogens is 480 g/mol. The normalized spacial score (nSPS) is 15.4. The number of nitrogens with one attached hydrogen (secondary N) is 1. The van der Waals surface area contributed by atoms with Crippen LogP contribution in [0.4, 0.5) is 5.00 Å². The molecule has 0 saturated carbocycles. The Hall–Kier alpha value is -2.44. The molecule has 3 rings (SSSR count). The fourth-order valence-corrected chi connectivity index (χ4v) is 5.47. The van der Waals surface area contributed by atoms with Gasteiger partial charge in [0.1, 0.15) is 15.7 Å². The molecule has 0 spiro atoms. The Morgan fingerprint density at radius 1 is 1.18 bits per heavy atom. The van der Waals surface area contributed by atoms with Gasteiger partial charge in [0.2, 0.25) is 5.91 Å². The summed E-state index contributed by atoms with van der Waals surface area (Å²) in [7, 11) is 0. The van der Waals surface area contributed by atoms with Gasteiger partial charge in [0.25, 0.3) is 0 Å². The monoisotopic (exact) mass is 510 g/mol. The van der Waals surface area contributed by atoms with Crippen molar-refractivity contribution in [2.45, 2.75) is 64.8 Å². The Labute approximate surface area is 206 Å². The number of thioether (sulfide) groups is 1. The molecule has 1 saturated heterocycles. The largest absolute Gasteiger partial charge is 0.462 e. The minimum Gasteiger partial charge on any atom is -0.462 e. The lowest BCUT2D eigenvalue weighted by atomic mass is 10.1. The Kier molecular flexibility index (Phi) is 9.48. The van der Waals surface area contributed by atoms with Crippen LogP contribution < -0.4 is 5.32 Å². The van der Waals surface area contributed by atoms with E-state index < -0.39 is 11.9 Å². The van der Waals surface area contributed by atoms with Crippen LogP contribution in [-0.2, 0) is 32.0 Å². The molecule has 3 heterocycles. The minimum absolute atomic E-state index is 0.0569. The predicted octanol–water partition coefficient (Wildman–Crippen LogP) is 3.47. The standard InChI is InChI=1S/C22H30N4O6S2/c1-5-15-24-25-22(26(15)11-14-9-8-10-32-14)33-12-16(27)23-19-17(20(28)30-6-2)13(4)18(34-19)21(29)31-7-3/h14H,5-12H2,1-4H3,(H,23,27). The van der Waals surface area contributed by atoms with Gasteiger partial charge in [0, 0.05) is 13.0 Å². The van der Waals surface area contributed by atoms with E-state index in [4.69, 9.17) is 14.2 Å². The van der Waals surface area contributed by atoms with Crippen molar-refractivity contribution in [3.05, 3.63) is 21.8 Å². The van der Waals surface area contributed by atoms with Crippen molar-refractivity contribution >= 4 is 45.9 Å². The van der Waals surface area contributed by atoms with Crippen LogP contribution in [0.15, 0.2) is 5.16 Å². The third-order valence-electron chi connectivity index (χ3n) is 5.19. The summed E-state index contributed by atoms with van der Waals surface area (Å²) in [4.78, 5) is 37.9. The van der Waals surface area contributed by atoms with Crippen molar-refractivity contribution in [3.63, 3.8) is 0 Å². The highest BCUT2D eigenvalue weighted by Gasteiger charge is 2.27. The number of carbonyl (C=O) groups excluding carboxylic acids is 3. The van der Waals surface area contributed by atoms with Crippen molar-refractivity contribution < 1.29 is 28.6 Å². The van der Waals surface area contributed by atoms with Crippen LogP contribution in [0.5, 0.6) is 0 Å². The first kappa shape index (κ1) is 26.2. The molecule has 1 atom stereocenters. The molecule has 186 valence electrons. The van der Waals surface area contributed by atoms with Crippen LogP contribution in [0.1, 0.15) is 65.0 Å². The van der Waals surface area contributed by atoms with E-state index in [0.29, 0.717) is 17.3 Å². The number of aromatic nitrogens is 3. The molecule has 34 heavy (non-hydrogen) atoms. The van der Waals surface area contributed by atoms with Crippen molar-refractivity contribution in [3.8, 4) is 0 Å². The first-order valence-electron chi connectivity index (χ1n) is 11.3. The fourth-order valence-electron chi connectivity index (χ4n) is 3.60. The summed E-state index contributed by atoms with van der Waals surface area (Å²) in [5, 5.41) is 12.2. The van der Waals surface area contributed by atoms with Crippen molar-refractivity contribution in [1.82, 2.24) is 14.8 Å². The van der Waals surface area contributed by atoms with Crippen molar-refractivity contribution in [1.29, 1.82) is 0 Å². The number of thiophene rings is 1. The summed E-state index contributed by atoms with van der Waals surface area (Å²) in [6.45, 7) is 8.83. The number of anilines is 1. The van der Waals surface area contributed by atoms with Gasteiger partial charge in [-0.15, -0.1) is 21.5 Å². The molecule has 0 radical (unpaired) electrons. The van der Waals surface area contributed by atoms with Gasteiger partial charge in [-0.3, -0.25) is 4.79 Å². The summed E-state index contributed by atoms with van der Waals surface area (Å²) < 4.78 is 18.0. The molecule has 1 fully saturated rings. The number of hydrogen-bond acceptors (Lipinski definition) is 10. The summed E-state index contributed by atoms with van der Waals surface area (Å²) in [6.07, 6.45) is 2.87. The predicted molar refractivity (Wildman–Crippen MR) is 129 cm³/mol. The fraction of sp³-hybridized carbons (Fsp3) is 0.591. The van der Waals surface area contributed by atoms with E-state index in [0.717, 1.165) is 43.0 Å². The Morgan fingerprint density at radius 2 is 1.91 bits per heavy atom. The maximum Gasteiger partial charge on any atom is 0.348 e. The first-order chi connectivity index (χ1) is 16.4. The number of aryl methyl sites for hydroxylation is 1. The zero-order valence-corrected chi connectivity index (χ0v) is 21.5. The molecule has 2 aromatic heterocycles. The van der Waals surface area contributed by atoms with Gasteiger partial charge in [0.15, 0.2) is 5.16 Å². The highest BCUT2D eigenvalue weighted by molar-refractivity contribution is 7.99. The maximum absolute atomic E-state index is 12.8. The summed E-state index contributed by atoms with van der Waals surface area (Å²) in [5.74, 6) is -0.576. The number of esters is 2. The molecule has 12 heteroatoms. The second-order valence-electron chi connectivity index (χ2n) is 7.54. The Morgan fingerprint density at radius 3 is 2.56 bits per heavy atom. The highest BCUT2D eigenvalue weighted by Crippen LogP contribution is 2.34. The summed E-state index contributed by atoms with van der Waals surface area (Å²) in [5.41, 5.74) is 0.594. The van der Waals surface area contributed by atoms with Gasteiger partial charge in [-0.1, -0.05) is 18.7 Å². The van der Waals surface area contributed by atoms with Crippen LogP contribution in [-0.4, -0.2) is 64.3 Å². The maximum atomic E-state index is 12.8. The number of ether oxygens (including phenoxy) is 3. The lowest BCUT2D eigenvalue weighted by Gasteiger charge is -2.14. The molecule has 1 amide bonds. The lowest BCUT2D eigenvalue weighted by molar-refractivity contribution is -0.113. The summed E-state index contributed by atoms with van der Waals surface area (Å²) in [6, 6.07) is 0. The van der Waals surface area contributed by atoms with E-state index in [1.165, 1.54) is 11.8 Å². The SMILES string of the molecule is CCOC(=O)c1sc(NC(=O)CSc2nnc(CC)n2CC2CCCO2)c(C(=O)OCC)c1C. The van der Waals surface area contributed by atoms with Gasteiger partial charge < -0.3 is 24.1 Å². The molecule has 0 aliphatic carbocycles. The zero-order chi connectivity index (χ0) is 24.7. The van der Waals surface area contributed by atoms with E-state index >= 15 is 0 Å². The zero-order valence-electron chi connectivity index (χ0n) is 19.8. The molecule has 10 nitrogen and oxygen atoms in total. The average molecular weight is 511 g/mol. The van der Waals surface area contributed by atoms with E-state index in [2.05, 4.69) is 15.5 Å². The number of amides is 1. The third kappa shape index (κ3) is 6.16. The quantitative estimate of drug-likeness (QED) is 0.358. The third-order valence-corrected chi connectivity index (χ3v) is 7.35. The van der Waals surface area contributed by atoms with E-state index in [1.54, 1.807) is 20.8 Å².